The van der Waals surface area contributed by atoms with E-state index in [-0.39, 0.29) is 12.1 Å². The molecule has 1 aromatic carbocycles. The molecular weight excluding hydrogens is 392 g/mol. The molecule has 0 spiro atoms. The molecule has 0 aliphatic rings. The molecule has 0 fully saturated rings. The summed E-state index contributed by atoms with van der Waals surface area (Å²) in [5, 5.41) is 4.45. The van der Waals surface area contributed by atoms with Crippen LogP contribution < -0.4 is 10.3 Å². The maximum Gasteiger partial charge on any atom is 0.331 e. The average molecular weight is 411 g/mol. The molecular formula is C21H18N2O3S2. The normalized spacial score (nSPS) is 11.2. The molecule has 3 heterocycles. The second-order valence-electron chi connectivity index (χ2n) is 6.69. The summed E-state index contributed by atoms with van der Waals surface area (Å²) >= 11 is 3.00. The van der Waals surface area contributed by atoms with E-state index < -0.39 is 5.97 Å². The summed E-state index contributed by atoms with van der Waals surface area (Å²) < 4.78 is 6.74. The zero-order valence-electron chi connectivity index (χ0n) is 15.4. The summed E-state index contributed by atoms with van der Waals surface area (Å²) in [6.45, 7) is 3.97. The number of hydrogen-bond donors (Lipinski definition) is 0. The van der Waals surface area contributed by atoms with Gasteiger partial charge in [0.1, 0.15) is 17.1 Å². The van der Waals surface area contributed by atoms with E-state index in [1.807, 2.05) is 41.1 Å². The van der Waals surface area contributed by atoms with Crippen molar-refractivity contribution in [3.63, 3.8) is 0 Å². The maximum atomic E-state index is 13.0. The molecule has 3 aromatic heterocycles. The van der Waals surface area contributed by atoms with Gasteiger partial charge < -0.3 is 4.74 Å². The second-order valence-corrected chi connectivity index (χ2v) is 8.49. The van der Waals surface area contributed by atoms with Gasteiger partial charge in [0.2, 0.25) is 0 Å². The lowest BCUT2D eigenvalue weighted by Gasteiger charge is -2.09. The Kier molecular flexibility index (Phi) is 5.11. The fourth-order valence-electron chi connectivity index (χ4n) is 2.93. The predicted octanol–water partition coefficient (Wildman–Crippen LogP) is 4.92. The Balaban J connectivity index is 1.60. The highest BCUT2D eigenvalue weighted by molar-refractivity contribution is 7.18. The van der Waals surface area contributed by atoms with Crippen LogP contribution in [-0.4, -0.2) is 15.5 Å². The fourth-order valence-corrected chi connectivity index (χ4v) is 4.65. The molecule has 28 heavy (non-hydrogen) atoms. The van der Waals surface area contributed by atoms with E-state index in [1.54, 1.807) is 17.4 Å². The fraction of sp³-hybridized carbons (Fsp3) is 0.190. The zero-order chi connectivity index (χ0) is 19.7. The molecule has 0 saturated heterocycles. The van der Waals surface area contributed by atoms with Crippen molar-refractivity contribution in [1.29, 1.82) is 0 Å². The highest BCUT2D eigenvalue weighted by atomic mass is 32.1. The first-order valence-electron chi connectivity index (χ1n) is 8.84. The number of nitrogens with zero attached hydrogens (tertiary/aromatic N) is 2. The van der Waals surface area contributed by atoms with E-state index in [4.69, 9.17) is 4.74 Å². The van der Waals surface area contributed by atoms with Crippen molar-refractivity contribution in [2.45, 2.75) is 26.3 Å². The lowest BCUT2D eigenvalue weighted by atomic mass is 10.0. The van der Waals surface area contributed by atoms with Crippen molar-refractivity contribution < 1.29 is 9.53 Å². The van der Waals surface area contributed by atoms with Crippen LogP contribution in [0.4, 0.5) is 0 Å². The van der Waals surface area contributed by atoms with Crippen LogP contribution in [0.25, 0.3) is 20.7 Å². The number of ether oxygens (including phenoxy) is 1. The molecule has 0 bridgehead atoms. The monoisotopic (exact) mass is 410 g/mol. The minimum Gasteiger partial charge on any atom is -0.425 e. The van der Waals surface area contributed by atoms with Crippen LogP contribution in [-0.2, 0) is 11.3 Å². The number of thiophene rings is 2. The minimum atomic E-state index is -0.503. The first-order valence-corrected chi connectivity index (χ1v) is 10.6. The van der Waals surface area contributed by atoms with Gasteiger partial charge in [-0.15, -0.1) is 22.7 Å². The third kappa shape index (κ3) is 3.63. The van der Waals surface area contributed by atoms with Gasteiger partial charge in [-0.05, 0) is 35.1 Å². The summed E-state index contributed by atoms with van der Waals surface area (Å²) in [5.74, 6) is 0.312. The number of carbonyl (C=O) groups is 1. The van der Waals surface area contributed by atoms with E-state index in [0.717, 1.165) is 16.0 Å². The van der Waals surface area contributed by atoms with Crippen molar-refractivity contribution in [3.8, 4) is 16.2 Å². The van der Waals surface area contributed by atoms with Crippen LogP contribution >= 0.6 is 22.7 Å². The number of carbonyl (C=O) groups excluding carboxylic acids is 1. The number of aromatic nitrogens is 2. The minimum absolute atomic E-state index is 0.187. The Morgan fingerprint density at radius 3 is 2.82 bits per heavy atom. The molecule has 142 valence electrons. The van der Waals surface area contributed by atoms with Gasteiger partial charge in [0, 0.05) is 15.8 Å². The molecule has 0 unspecified atom stereocenters. The van der Waals surface area contributed by atoms with Gasteiger partial charge in [-0.2, -0.15) is 0 Å². The number of rotatable bonds is 5. The van der Waals surface area contributed by atoms with Gasteiger partial charge in [-0.3, -0.25) is 9.36 Å². The quantitative estimate of drug-likeness (QED) is 0.346. The van der Waals surface area contributed by atoms with Gasteiger partial charge in [0.15, 0.2) is 0 Å². The predicted molar refractivity (Wildman–Crippen MR) is 113 cm³/mol. The number of esters is 1. The van der Waals surface area contributed by atoms with Crippen LogP contribution in [0.2, 0.25) is 0 Å². The molecule has 7 heteroatoms. The number of hydrogen-bond acceptors (Lipinski definition) is 6. The number of fused-ring (bicyclic) bond motifs is 1. The Labute approximate surface area is 169 Å². The van der Waals surface area contributed by atoms with Crippen LogP contribution in [0, 0.1) is 0 Å². The Morgan fingerprint density at radius 2 is 2.07 bits per heavy atom. The van der Waals surface area contributed by atoms with E-state index in [9.17, 15) is 9.59 Å². The standard InChI is InChI=1S/C21H18N2O3S2/c1-13(2)14-5-3-6-15(9-14)26-18(24)10-23-12-22-20-19(21(23)25)16(11-28-20)17-7-4-8-27-17/h3-9,11-13H,10H2,1-2H3. The van der Waals surface area contributed by atoms with Crippen LogP contribution in [0.3, 0.4) is 0 Å². The molecule has 0 aliphatic carbocycles. The van der Waals surface area contributed by atoms with Crippen LogP contribution in [0.15, 0.2) is 58.3 Å². The van der Waals surface area contributed by atoms with Crippen molar-refractivity contribution in [3.05, 3.63) is 69.4 Å². The van der Waals surface area contributed by atoms with Gasteiger partial charge in [0.25, 0.3) is 5.56 Å². The second kappa shape index (κ2) is 7.69. The Bertz CT molecular complexity index is 1190. The van der Waals surface area contributed by atoms with Gasteiger partial charge in [-0.25, -0.2) is 9.78 Å². The molecule has 0 aliphatic heterocycles. The molecule has 4 aromatic rings. The van der Waals surface area contributed by atoms with Crippen LogP contribution in [0.1, 0.15) is 25.3 Å². The molecule has 5 nitrogen and oxygen atoms in total. The molecule has 0 N–H and O–H groups in total. The van der Waals surface area contributed by atoms with Crippen LogP contribution in [0.5, 0.6) is 5.75 Å². The van der Waals surface area contributed by atoms with Crippen molar-refractivity contribution in [1.82, 2.24) is 9.55 Å². The third-order valence-corrected chi connectivity index (χ3v) is 6.19. The molecule has 4 rings (SSSR count). The highest BCUT2D eigenvalue weighted by Crippen LogP contribution is 2.33. The topological polar surface area (TPSA) is 61.2 Å². The van der Waals surface area contributed by atoms with Gasteiger partial charge in [0.05, 0.1) is 11.7 Å². The van der Waals surface area contributed by atoms with Crippen molar-refractivity contribution in [2.24, 2.45) is 0 Å². The lowest BCUT2D eigenvalue weighted by molar-refractivity contribution is -0.135. The lowest BCUT2D eigenvalue weighted by Crippen LogP contribution is -2.26. The molecule has 0 atom stereocenters. The summed E-state index contributed by atoms with van der Waals surface area (Å²) in [4.78, 5) is 31.4. The summed E-state index contributed by atoms with van der Waals surface area (Å²) in [7, 11) is 0. The first-order chi connectivity index (χ1) is 13.5. The van der Waals surface area contributed by atoms with E-state index >= 15 is 0 Å². The summed E-state index contributed by atoms with van der Waals surface area (Å²) in [6.07, 6.45) is 1.41. The van der Waals surface area contributed by atoms with Crippen molar-refractivity contribution >= 4 is 38.9 Å². The van der Waals surface area contributed by atoms with E-state index in [2.05, 4.69) is 18.8 Å². The van der Waals surface area contributed by atoms with Gasteiger partial charge >= 0.3 is 5.97 Å². The van der Waals surface area contributed by atoms with Crippen molar-refractivity contribution in [2.75, 3.05) is 0 Å². The first kappa shape index (κ1) is 18.6. The highest BCUT2D eigenvalue weighted by Gasteiger charge is 2.16. The van der Waals surface area contributed by atoms with Gasteiger partial charge in [-0.1, -0.05) is 32.0 Å². The molecule has 0 saturated carbocycles. The SMILES string of the molecule is CC(C)c1cccc(OC(=O)Cn2cnc3scc(-c4cccs4)c3c2=O)c1. The largest absolute Gasteiger partial charge is 0.425 e. The maximum absolute atomic E-state index is 13.0. The third-order valence-electron chi connectivity index (χ3n) is 4.40. The van der Waals surface area contributed by atoms with E-state index in [0.29, 0.717) is 21.9 Å². The number of benzene rings is 1. The molecule has 0 radical (unpaired) electrons. The average Bonchev–Trinajstić information content (AvgIpc) is 3.33. The van der Waals surface area contributed by atoms with E-state index in [1.165, 1.54) is 22.2 Å². The molecule has 0 amide bonds. The summed E-state index contributed by atoms with van der Waals surface area (Å²) in [6, 6.07) is 11.4. The Hall–Kier alpha value is -2.77. The zero-order valence-corrected chi connectivity index (χ0v) is 17.0. The smallest absolute Gasteiger partial charge is 0.331 e. The Morgan fingerprint density at radius 1 is 1.21 bits per heavy atom. The summed E-state index contributed by atoms with van der Waals surface area (Å²) in [5.41, 5.74) is 1.71.